The maximum Gasteiger partial charge on any atom is 0.255 e. The third-order valence-electron chi connectivity index (χ3n) is 6.31. The van der Waals surface area contributed by atoms with Crippen LogP contribution in [0.3, 0.4) is 0 Å². The van der Waals surface area contributed by atoms with Gasteiger partial charge in [-0.05, 0) is 43.4 Å². The molecule has 2 aromatic carbocycles. The molecule has 0 spiro atoms. The van der Waals surface area contributed by atoms with Crippen molar-refractivity contribution in [2.45, 2.75) is 37.1 Å². The normalized spacial score (nSPS) is 20.2. The van der Waals surface area contributed by atoms with E-state index in [1.807, 2.05) is 48.5 Å². The first kappa shape index (κ1) is 22.2. The highest BCUT2D eigenvalue weighted by Crippen LogP contribution is 2.40. The quantitative estimate of drug-likeness (QED) is 0.289. The number of methoxy groups -OCH3 is 1. The third-order valence-corrected chi connectivity index (χ3v) is 6.31. The minimum absolute atomic E-state index is 0.115. The van der Waals surface area contributed by atoms with Crippen molar-refractivity contribution in [2.24, 2.45) is 0 Å². The Bertz CT molecular complexity index is 946. The lowest BCUT2D eigenvalue weighted by atomic mass is 9.68. The number of amides is 1. The Morgan fingerprint density at radius 1 is 1.19 bits per heavy atom. The molecule has 0 radical (unpaired) electrons. The van der Waals surface area contributed by atoms with Gasteiger partial charge in [-0.25, -0.2) is 0 Å². The Kier molecular flexibility index (Phi) is 7.14. The highest BCUT2D eigenvalue weighted by molar-refractivity contribution is 5.97. The van der Waals surface area contributed by atoms with Crippen molar-refractivity contribution in [2.75, 3.05) is 20.7 Å². The summed E-state index contributed by atoms with van der Waals surface area (Å²) in [6, 6.07) is 17.7. The van der Waals surface area contributed by atoms with Crippen LogP contribution in [0, 0.1) is 16.9 Å². The third kappa shape index (κ3) is 4.97. The Morgan fingerprint density at radius 2 is 1.84 bits per heavy atom. The fourth-order valence-electron chi connectivity index (χ4n) is 4.40. The fraction of sp³-hybridized carbons (Fsp3) is 0.375. The van der Waals surface area contributed by atoms with Crippen LogP contribution in [0.15, 0.2) is 54.6 Å². The summed E-state index contributed by atoms with van der Waals surface area (Å²) < 4.78 is 5.34. The molecule has 3 rings (SSSR count). The molecule has 162 valence electrons. The van der Waals surface area contributed by atoms with E-state index in [1.54, 1.807) is 19.2 Å². The molecule has 1 amide bonds. The molecule has 0 aliphatic heterocycles. The molecule has 7 heteroatoms. The maximum atomic E-state index is 12.9. The number of nitrogens with zero attached hydrogens (tertiary/aromatic N) is 2. The molecular formula is C24H29N5O2. The number of rotatable bonds is 6. The Hall–Kier alpha value is -3.53. The number of hydrogen-bond acceptors (Lipinski definition) is 4. The molecule has 0 unspecified atom stereocenters. The number of para-hydroxylation sites is 1. The summed E-state index contributed by atoms with van der Waals surface area (Å²) in [7, 11) is 3.41. The second-order valence-corrected chi connectivity index (χ2v) is 7.96. The van der Waals surface area contributed by atoms with Gasteiger partial charge >= 0.3 is 0 Å². The number of benzene rings is 2. The summed E-state index contributed by atoms with van der Waals surface area (Å²) in [4.78, 5) is 14.7. The van der Waals surface area contributed by atoms with Gasteiger partial charge in [-0.2, -0.15) is 5.26 Å². The zero-order chi connectivity index (χ0) is 22.3. The van der Waals surface area contributed by atoms with Crippen LogP contribution >= 0.6 is 0 Å². The summed E-state index contributed by atoms with van der Waals surface area (Å²) in [6.07, 6.45) is 5.29. The van der Waals surface area contributed by atoms with Crippen molar-refractivity contribution in [3.8, 4) is 11.9 Å². The maximum absolute atomic E-state index is 12.9. The second-order valence-electron chi connectivity index (χ2n) is 7.96. The molecule has 0 aromatic heterocycles. The van der Waals surface area contributed by atoms with Crippen LogP contribution in [0.25, 0.3) is 0 Å². The minimum atomic E-state index is -0.179. The average Bonchev–Trinajstić information content (AvgIpc) is 2.83. The highest BCUT2D eigenvalue weighted by Gasteiger charge is 2.38. The highest BCUT2D eigenvalue weighted by atomic mass is 16.5. The molecule has 0 saturated heterocycles. The lowest BCUT2D eigenvalue weighted by Crippen LogP contribution is -2.49. The largest absolute Gasteiger partial charge is 0.496 e. The van der Waals surface area contributed by atoms with E-state index in [0.717, 1.165) is 25.7 Å². The van der Waals surface area contributed by atoms with Gasteiger partial charge in [0, 0.05) is 25.0 Å². The molecule has 7 nitrogen and oxygen atoms in total. The molecule has 0 atom stereocenters. The van der Waals surface area contributed by atoms with E-state index in [2.05, 4.69) is 22.8 Å². The first-order chi connectivity index (χ1) is 15.0. The number of guanidine groups is 1. The van der Waals surface area contributed by atoms with E-state index in [4.69, 9.17) is 15.4 Å². The molecule has 1 fully saturated rings. The summed E-state index contributed by atoms with van der Waals surface area (Å²) in [6.45, 7) is 0.526. The van der Waals surface area contributed by atoms with Gasteiger partial charge in [0.25, 0.3) is 5.91 Å². The number of nitriles is 1. The summed E-state index contributed by atoms with van der Waals surface area (Å²) in [5.74, 6) is 0.527. The van der Waals surface area contributed by atoms with Crippen LogP contribution in [0.1, 0.15) is 41.6 Å². The summed E-state index contributed by atoms with van der Waals surface area (Å²) in [5.41, 5.74) is 1.56. The van der Waals surface area contributed by atoms with E-state index in [0.29, 0.717) is 17.9 Å². The smallest absolute Gasteiger partial charge is 0.255 e. The van der Waals surface area contributed by atoms with Gasteiger partial charge in [0.1, 0.15) is 5.75 Å². The number of hydrogen-bond donors (Lipinski definition) is 3. The van der Waals surface area contributed by atoms with Crippen LogP contribution in [-0.4, -0.2) is 43.5 Å². The van der Waals surface area contributed by atoms with Crippen molar-refractivity contribution in [1.82, 2.24) is 15.5 Å². The summed E-state index contributed by atoms with van der Waals surface area (Å²) in [5, 5.41) is 22.3. The number of carbonyl (C=O) groups is 1. The van der Waals surface area contributed by atoms with E-state index < -0.39 is 0 Å². The lowest BCUT2D eigenvalue weighted by molar-refractivity contribution is 0.0927. The van der Waals surface area contributed by atoms with E-state index >= 15 is 0 Å². The van der Waals surface area contributed by atoms with Gasteiger partial charge in [0.15, 0.2) is 6.19 Å². The zero-order valence-corrected chi connectivity index (χ0v) is 18.0. The van der Waals surface area contributed by atoms with E-state index in [9.17, 15) is 4.79 Å². The molecule has 3 N–H and O–H groups in total. The topological polar surface area (TPSA) is 101 Å². The van der Waals surface area contributed by atoms with Gasteiger partial charge in [0.05, 0.1) is 12.7 Å². The van der Waals surface area contributed by atoms with Crippen LogP contribution in [0.4, 0.5) is 0 Å². The number of nitrogens with one attached hydrogen (secondary N) is 3. The minimum Gasteiger partial charge on any atom is -0.496 e. The van der Waals surface area contributed by atoms with Gasteiger partial charge in [0.2, 0.25) is 5.96 Å². The van der Waals surface area contributed by atoms with Crippen molar-refractivity contribution in [3.05, 3.63) is 65.7 Å². The van der Waals surface area contributed by atoms with Gasteiger partial charge in [-0.15, -0.1) is 0 Å². The lowest BCUT2D eigenvalue weighted by Gasteiger charge is -2.43. The number of ether oxygens (including phenoxy) is 1. The molecule has 0 bridgehead atoms. The van der Waals surface area contributed by atoms with Crippen molar-refractivity contribution < 1.29 is 9.53 Å². The predicted octanol–water partition coefficient (Wildman–Crippen LogP) is 3.24. The first-order valence-corrected chi connectivity index (χ1v) is 10.4. The standard InChI is InChI=1S/C24H29N5O2/c1-29(23(26)28-17-25)19-12-14-24(15-13-19,18-8-4-3-5-9-18)16-27-22(30)20-10-6-7-11-21(20)31-2/h3-11,19H,12-16H2,1-2H3,(H2,26,28)(H,27,30). The molecule has 31 heavy (non-hydrogen) atoms. The SMILES string of the molecule is COc1ccccc1C(=O)NCC1(c2ccccc2)CCC(N(C)C(=N)NC#N)CC1. The van der Waals surface area contributed by atoms with Crippen molar-refractivity contribution in [1.29, 1.82) is 10.7 Å². The monoisotopic (exact) mass is 419 g/mol. The molecule has 1 aliphatic carbocycles. The Morgan fingerprint density at radius 3 is 2.48 bits per heavy atom. The molecule has 1 saturated carbocycles. The Balaban J connectivity index is 1.75. The molecule has 1 aliphatic rings. The van der Waals surface area contributed by atoms with Gasteiger partial charge < -0.3 is 15.0 Å². The van der Waals surface area contributed by atoms with Crippen molar-refractivity contribution >= 4 is 11.9 Å². The number of carbonyl (C=O) groups excluding carboxylic acids is 1. The van der Waals surface area contributed by atoms with Crippen LogP contribution in [0.2, 0.25) is 0 Å². The fourth-order valence-corrected chi connectivity index (χ4v) is 4.40. The Labute approximate surface area is 183 Å². The van der Waals surface area contributed by atoms with Gasteiger partial charge in [-0.3, -0.25) is 15.5 Å². The predicted molar refractivity (Wildman–Crippen MR) is 120 cm³/mol. The van der Waals surface area contributed by atoms with Crippen molar-refractivity contribution in [3.63, 3.8) is 0 Å². The zero-order valence-electron chi connectivity index (χ0n) is 18.0. The van der Waals surface area contributed by atoms with Crippen LogP contribution in [-0.2, 0) is 5.41 Å². The average molecular weight is 420 g/mol. The van der Waals surface area contributed by atoms with E-state index in [1.165, 1.54) is 5.56 Å². The molecule has 0 heterocycles. The van der Waals surface area contributed by atoms with Crippen LogP contribution < -0.4 is 15.4 Å². The van der Waals surface area contributed by atoms with Gasteiger partial charge in [-0.1, -0.05) is 42.5 Å². The summed E-state index contributed by atoms with van der Waals surface area (Å²) >= 11 is 0. The van der Waals surface area contributed by atoms with E-state index in [-0.39, 0.29) is 23.3 Å². The second kappa shape index (κ2) is 9.98. The molecule has 2 aromatic rings. The van der Waals surface area contributed by atoms with Crippen LogP contribution in [0.5, 0.6) is 5.75 Å². The molecular weight excluding hydrogens is 390 g/mol. The first-order valence-electron chi connectivity index (χ1n) is 10.4.